The monoisotopic (exact) mass is 380 g/mol. The fraction of sp³-hybridized carbons (Fsp3) is 0.235. The number of amides is 1. The van der Waals surface area contributed by atoms with Crippen LogP contribution in [-0.2, 0) is 10.0 Å². The Kier molecular flexibility index (Phi) is 5.01. The molecule has 1 unspecified atom stereocenters. The number of nitrogens with one attached hydrogen (secondary N) is 2. The molecule has 1 aliphatic rings. The molecule has 1 aliphatic heterocycles. The average molecular weight is 380 g/mol. The molecule has 132 valence electrons. The van der Waals surface area contributed by atoms with Gasteiger partial charge in [0.05, 0.1) is 12.3 Å². The standard InChI is InChI=1S/C17H17FN2O3S2/c1-25(22,23)20-13-4-2-3-11(9-13)17(21)19-15-7-8-24-16-6-5-12(18)10-14(15)16/h2-6,9-10,15,20H,7-8H2,1H3,(H,19,21). The number of hydrogen-bond donors (Lipinski definition) is 2. The van der Waals surface area contributed by atoms with Crippen molar-refractivity contribution in [2.24, 2.45) is 0 Å². The third-order valence-electron chi connectivity index (χ3n) is 3.74. The van der Waals surface area contributed by atoms with E-state index in [1.165, 1.54) is 18.2 Å². The molecule has 1 atom stereocenters. The van der Waals surface area contributed by atoms with Crippen molar-refractivity contribution >= 4 is 33.4 Å². The maximum Gasteiger partial charge on any atom is 0.251 e. The summed E-state index contributed by atoms with van der Waals surface area (Å²) in [6.45, 7) is 0. The molecule has 1 heterocycles. The summed E-state index contributed by atoms with van der Waals surface area (Å²) < 4.78 is 38.5. The third kappa shape index (κ3) is 4.52. The van der Waals surface area contributed by atoms with Gasteiger partial charge in [0, 0.05) is 21.9 Å². The van der Waals surface area contributed by atoms with Gasteiger partial charge in [-0.1, -0.05) is 6.07 Å². The zero-order valence-corrected chi connectivity index (χ0v) is 15.1. The lowest BCUT2D eigenvalue weighted by atomic mass is 10.0. The lowest BCUT2D eigenvalue weighted by Gasteiger charge is -2.26. The van der Waals surface area contributed by atoms with Gasteiger partial charge in [-0.05, 0) is 48.4 Å². The Morgan fingerprint density at radius 1 is 1.24 bits per heavy atom. The molecule has 0 saturated heterocycles. The second kappa shape index (κ2) is 7.05. The van der Waals surface area contributed by atoms with E-state index in [4.69, 9.17) is 0 Å². The number of hydrogen-bond acceptors (Lipinski definition) is 4. The Morgan fingerprint density at radius 3 is 2.80 bits per heavy atom. The maximum atomic E-state index is 13.6. The van der Waals surface area contributed by atoms with Crippen LogP contribution in [0.25, 0.3) is 0 Å². The SMILES string of the molecule is CS(=O)(=O)Nc1cccc(C(=O)NC2CCSc3ccc(F)cc32)c1. The molecule has 0 fully saturated rings. The number of thioether (sulfide) groups is 1. The lowest BCUT2D eigenvalue weighted by Crippen LogP contribution is -2.30. The average Bonchev–Trinajstić information content (AvgIpc) is 2.54. The van der Waals surface area contributed by atoms with E-state index in [-0.39, 0.29) is 17.8 Å². The number of halogens is 1. The summed E-state index contributed by atoms with van der Waals surface area (Å²) in [5.41, 5.74) is 1.43. The van der Waals surface area contributed by atoms with Crippen LogP contribution < -0.4 is 10.0 Å². The van der Waals surface area contributed by atoms with E-state index in [1.807, 2.05) is 0 Å². The van der Waals surface area contributed by atoms with Crippen LogP contribution in [0.15, 0.2) is 47.4 Å². The molecular formula is C17H17FN2O3S2. The first kappa shape index (κ1) is 17.8. The highest BCUT2D eigenvalue weighted by Gasteiger charge is 2.23. The van der Waals surface area contributed by atoms with Crippen molar-refractivity contribution in [1.82, 2.24) is 5.32 Å². The molecule has 2 aromatic rings. The molecule has 3 rings (SSSR count). The van der Waals surface area contributed by atoms with E-state index in [1.54, 1.807) is 36.0 Å². The molecule has 25 heavy (non-hydrogen) atoms. The Hall–Kier alpha value is -2.06. The summed E-state index contributed by atoms with van der Waals surface area (Å²) in [5.74, 6) is 0.170. The quantitative estimate of drug-likeness (QED) is 0.854. The van der Waals surface area contributed by atoms with Gasteiger partial charge in [0.2, 0.25) is 10.0 Å². The van der Waals surface area contributed by atoms with E-state index < -0.39 is 10.0 Å². The molecule has 0 radical (unpaired) electrons. The van der Waals surface area contributed by atoms with Gasteiger partial charge in [-0.15, -0.1) is 11.8 Å². The Bertz CT molecular complexity index is 916. The highest BCUT2D eigenvalue weighted by molar-refractivity contribution is 7.99. The van der Waals surface area contributed by atoms with E-state index >= 15 is 0 Å². The Labute approximate surface area is 150 Å². The number of fused-ring (bicyclic) bond motifs is 1. The van der Waals surface area contributed by atoms with Crippen molar-refractivity contribution < 1.29 is 17.6 Å². The zero-order chi connectivity index (χ0) is 18.0. The predicted octanol–water partition coefficient (Wildman–Crippen LogP) is 3.16. The topological polar surface area (TPSA) is 75.3 Å². The molecule has 0 aromatic heterocycles. The predicted molar refractivity (Wildman–Crippen MR) is 96.9 cm³/mol. The van der Waals surface area contributed by atoms with Crippen molar-refractivity contribution in [3.05, 3.63) is 59.4 Å². The molecule has 5 nitrogen and oxygen atoms in total. The summed E-state index contributed by atoms with van der Waals surface area (Å²) in [7, 11) is -3.42. The van der Waals surface area contributed by atoms with Crippen LogP contribution in [0, 0.1) is 5.82 Å². The highest BCUT2D eigenvalue weighted by atomic mass is 32.2. The summed E-state index contributed by atoms with van der Waals surface area (Å²) in [6, 6.07) is 10.6. The first-order valence-electron chi connectivity index (χ1n) is 7.63. The zero-order valence-electron chi connectivity index (χ0n) is 13.5. The number of benzene rings is 2. The number of carbonyl (C=O) groups excluding carboxylic acids is 1. The Morgan fingerprint density at radius 2 is 2.04 bits per heavy atom. The van der Waals surface area contributed by atoms with Crippen molar-refractivity contribution in [2.75, 3.05) is 16.7 Å². The van der Waals surface area contributed by atoms with E-state index in [2.05, 4.69) is 10.0 Å². The lowest BCUT2D eigenvalue weighted by molar-refractivity contribution is 0.0935. The molecule has 0 saturated carbocycles. The molecule has 0 aliphatic carbocycles. The van der Waals surface area contributed by atoms with Crippen LogP contribution in [0.3, 0.4) is 0 Å². The van der Waals surface area contributed by atoms with Gasteiger partial charge in [0.1, 0.15) is 5.82 Å². The molecule has 0 bridgehead atoms. The van der Waals surface area contributed by atoms with Gasteiger partial charge in [-0.2, -0.15) is 0 Å². The number of sulfonamides is 1. The smallest absolute Gasteiger partial charge is 0.251 e. The van der Waals surface area contributed by atoms with Gasteiger partial charge in [0.15, 0.2) is 0 Å². The van der Waals surface area contributed by atoms with Crippen LogP contribution in [0.1, 0.15) is 28.4 Å². The summed E-state index contributed by atoms with van der Waals surface area (Å²) in [5, 5.41) is 2.91. The normalized spacial score (nSPS) is 16.8. The molecule has 8 heteroatoms. The molecular weight excluding hydrogens is 363 g/mol. The van der Waals surface area contributed by atoms with Gasteiger partial charge in [-0.25, -0.2) is 12.8 Å². The van der Waals surface area contributed by atoms with Gasteiger partial charge in [0.25, 0.3) is 5.91 Å². The van der Waals surface area contributed by atoms with Gasteiger partial charge in [-0.3, -0.25) is 9.52 Å². The van der Waals surface area contributed by atoms with Gasteiger partial charge >= 0.3 is 0 Å². The second-order valence-corrected chi connectivity index (χ2v) is 8.69. The minimum Gasteiger partial charge on any atom is -0.345 e. The molecule has 2 aromatic carbocycles. The highest BCUT2D eigenvalue weighted by Crippen LogP contribution is 2.36. The summed E-state index contributed by atoms with van der Waals surface area (Å²) in [4.78, 5) is 13.5. The van der Waals surface area contributed by atoms with Crippen molar-refractivity contribution in [1.29, 1.82) is 0 Å². The summed E-state index contributed by atoms with van der Waals surface area (Å²) >= 11 is 1.64. The van der Waals surface area contributed by atoms with Crippen LogP contribution in [0.4, 0.5) is 10.1 Å². The first-order chi connectivity index (χ1) is 11.8. The number of rotatable bonds is 4. The fourth-order valence-electron chi connectivity index (χ4n) is 2.69. The van der Waals surface area contributed by atoms with Crippen LogP contribution in [0.2, 0.25) is 0 Å². The van der Waals surface area contributed by atoms with E-state index in [0.29, 0.717) is 17.7 Å². The maximum absolute atomic E-state index is 13.6. The van der Waals surface area contributed by atoms with Crippen molar-refractivity contribution in [3.63, 3.8) is 0 Å². The van der Waals surface area contributed by atoms with E-state index in [0.717, 1.165) is 22.5 Å². The van der Waals surface area contributed by atoms with Crippen LogP contribution in [0.5, 0.6) is 0 Å². The third-order valence-corrected chi connectivity index (χ3v) is 5.47. The minimum absolute atomic E-state index is 0.272. The largest absolute Gasteiger partial charge is 0.345 e. The Balaban J connectivity index is 1.80. The minimum atomic E-state index is -3.42. The molecule has 2 N–H and O–H groups in total. The first-order valence-corrected chi connectivity index (χ1v) is 10.5. The number of anilines is 1. The molecule has 0 spiro atoms. The summed E-state index contributed by atoms with van der Waals surface area (Å²) in [6.07, 6.45) is 1.75. The van der Waals surface area contributed by atoms with Crippen LogP contribution >= 0.6 is 11.8 Å². The second-order valence-electron chi connectivity index (χ2n) is 5.80. The van der Waals surface area contributed by atoms with E-state index in [9.17, 15) is 17.6 Å². The van der Waals surface area contributed by atoms with Crippen molar-refractivity contribution in [2.45, 2.75) is 17.4 Å². The van der Waals surface area contributed by atoms with Crippen LogP contribution in [-0.4, -0.2) is 26.3 Å². The number of carbonyl (C=O) groups is 1. The fourth-order valence-corrected chi connectivity index (χ4v) is 4.36. The van der Waals surface area contributed by atoms with Gasteiger partial charge < -0.3 is 5.32 Å². The van der Waals surface area contributed by atoms with Crippen molar-refractivity contribution in [3.8, 4) is 0 Å². The molecule has 1 amide bonds.